The van der Waals surface area contributed by atoms with Crippen molar-refractivity contribution in [1.29, 1.82) is 0 Å². The predicted molar refractivity (Wildman–Crippen MR) is 122 cm³/mol. The Morgan fingerprint density at radius 3 is 2.74 bits per heavy atom. The Bertz CT molecular complexity index is 1180. The first-order valence-corrected chi connectivity index (χ1v) is 10.6. The lowest BCUT2D eigenvalue weighted by molar-refractivity contribution is -0.139. The number of fused-ring (bicyclic) bond motifs is 1. The number of halogens is 2. The van der Waals surface area contributed by atoms with E-state index in [9.17, 15) is 9.59 Å². The molecule has 2 heterocycles. The zero-order valence-corrected chi connectivity index (χ0v) is 18.3. The van der Waals surface area contributed by atoms with E-state index in [1.807, 2.05) is 36.4 Å². The van der Waals surface area contributed by atoms with Crippen LogP contribution >= 0.6 is 23.2 Å². The largest absolute Gasteiger partial charge is 0.335 e. The topological polar surface area (TPSA) is 66.4 Å². The maximum atomic E-state index is 12.3. The number of carbonyl (C=O) groups is 2. The molecule has 1 atom stereocenters. The quantitative estimate of drug-likeness (QED) is 0.548. The van der Waals surface area contributed by atoms with Gasteiger partial charge >= 0.3 is 0 Å². The molecule has 0 spiro atoms. The van der Waals surface area contributed by atoms with Crippen LogP contribution in [0.1, 0.15) is 18.5 Å². The van der Waals surface area contributed by atoms with E-state index in [2.05, 4.69) is 9.97 Å². The van der Waals surface area contributed by atoms with Crippen molar-refractivity contribution in [2.45, 2.75) is 13.0 Å². The Morgan fingerprint density at radius 2 is 1.97 bits per heavy atom. The molecular weight excluding hydrogens is 435 g/mol. The third-order valence-corrected chi connectivity index (χ3v) is 5.79. The minimum Gasteiger partial charge on any atom is -0.335 e. The standard InChI is InChI=1S/C23H20Cl2N4O2/c1-15(30)29-7-6-28(23(31)4-5-24)13-22(29)19-8-18(9-20(25)10-19)16-2-3-17-12-26-14-27-21(17)11-16/h2-5,8-12,14,22H,6-7,13H2,1H3/b5-4-/t22-/m0/s1. The lowest BCUT2D eigenvalue weighted by Gasteiger charge is -2.41. The van der Waals surface area contributed by atoms with Gasteiger partial charge in [-0.3, -0.25) is 9.59 Å². The summed E-state index contributed by atoms with van der Waals surface area (Å²) in [5.41, 5.74) is 4.78. The van der Waals surface area contributed by atoms with Crippen LogP contribution in [-0.4, -0.2) is 51.2 Å². The highest BCUT2D eigenvalue weighted by Crippen LogP contribution is 2.33. The number of nitrogens with zero attached hydrogens (tertiary/aromatic N) is 4. The van der Waals surface area contributed by atoms with Gasteiger partial charge in [0.2, 0.25) is 11.8 Å². The van der Waals surface area contributed by atoms with Gasteiger partial charge in [-0.1, -0.05) is 35.3 Å². The first-order valence-electron chi connectivity index (χ1n) is 9.80. The van der Waals surface area contributed by atoms with Gasteiger partial charge in [-0.2, -0.15) is 0 Å². The molecule has 1 saturated heterocycles. The highest BCUT2D eigenvalue weighted by molar-refractivity contribution is 6.31. The SMILES string of the molecule is CC(=O)N1CCN(C(=O)/C=C\Cl)C[C@H]1c1cc(Cl)cc(-c2ccc3cncnc3c2)c1. The van der Waals surface area contributed by atoms with Crippen molar-refractivity contribution in [2.75, 3.05) is 19.6 Å². The van der Waals surface area contributed by atoms with Gasteiger partial charge in [-0.05, 0) is 41.0 Å². The number of rotatable bonds is 3. The molecule has 158 valence electrons. The summed E-state index contributed by atoms with van der Waals surface area (Å²) in [6.07, 6.45) is 4.61. The minimum absolute atomic E-state index is 0.0473. The van der Waals surface area contributed by atoms with Crippen LogP contribution in [0.15, 0.2) is 60.5 Å². The van der Waals surface area contributed by atoms with Crippen LogP contribution in [0.4, 0.5) is 0 Å². The maximum Gasteiger partial charge on any atom is 0.247 e. The second-order valence-electron chi connectivity index (χ2n) is 7.37. The number of piperazine rings is 1. The van der Waals surface area contributed by atoms with E-state index >= 15 is 0 Å². The molecule has 1 aliphatic rings. The minimum atomic E-state index is -0.306. The molecule has 6 nitrogen and oxygen atoms in total. The Hall–Kier alpha value is -2.96. The summed E-state index contributed by atoms with van der Waals surface area (Å²) in [7, 11) is 0. The van der Waals surface area contributed by atoms with Gasteiger partial charge in [-0.25, -0.2) is 9.97 Å². The van der Waals surface area contributed by atoms with Crippen molar-refractivity contribution in [3.8, 4) is 11.1 Å². The summed E-state index contributed by atoms with van der Waals surface area (Å²) < 4.78 is 0. The fourth-order valence-electron chi connectivity index (χ4n) is 3.93. The normalized spacial score (nSPS) is 16.8. The number of benzene rings is 2. The molecule has 3 aromatic rings. The van der Waals surface area contributed by atoms with Gasteiger partial charge in [-0.15, -0.1) is 0 Å². The summed E-state index contributed by atoms with van der Waals surface area (Å²) in [6, 6.07) is 11.4. The highest BCUT2D eigenvalue weighted by Gasteiger charge is 2.32. The monoisotopic (exact) mass is 454 g/mol. The van der Waals surface area contributed by atoms with Gasteiger partial charge in [0.25, 0.3) is 0 Å². The fraction of sp³-hybridized carbons (Fsp3) is 0.217. The van der Waals surface area contributed by atoms with E-state index in [1.165, 1.54) is 24.9 Å². The van der Waals surface area contributed by atoms with Crippen molar-refractivity contribution in [1.82, 2.24) is 19.8 Å². The number of aromatic nitrogens is 2. The molecule has 0 aliphatic carbocycles. The summed E-state index contributed by atoms with van der Waals surface area (Å²) in [6.45, 7) is 2.80. The molecule has 0 radical (unpaired) electrons. The molecule has 31 heavy (non-hydrogen) atoms. The number of carbonyl (C=O) groups excluding carboxylic acids is 2. The Morgan fingerprint density at radius 1 is 1.13 bits per heavy atom. The second-order valence-corrected chi connectivity index (χ2v) is 8.06. The lowest BCUT2D eigenvalue weighted by Crippen LogP contribution is -2.51. The van der Waals surface area contributed by atoms with Crippen LogP contribution in [0.25, 0.3) is 22.0 Å². The lowest BCUT2D eigenvalue weighted by atomic mass is 9.96. The number of amides is 2. The molecule has 1 aromatic heterocycles. The van der Waals surface area contributed by atoms with Gasteiger partial charge in [0, 0.05) is 54.8 Å². The Labute approximate surface area is 190 Å². The molecule has 2 amide bonds. The summed E-state index contributed by atoms with van der Waals surface area (Å²) >= 11 is 12.1. The van der Waals surface area contributed by atoms with Gasteiger partial charge in [0.15, 0.2) is 0 Å². The van der Waals surface area contributed by atoms with Crippen molar-refractivity contribution in [3.05, 3.63) is 71.1 Å². The molecular formula is C23H20Cl2N4O2. The molecule has 1 aliphatic heterocycles. The van der Waals surface area contributed by atoms with Crippen molar-refractivity contribution < 1.29 is 9.59 Å². The van der Waals surface area contributed by atoms with E-state index in [4.69, 9.17) is 23.2 Å². The molecule has 2 aromatic carbocycles. The molecule has 0 unspecified atom stereocenters. The van der Waals surface area contributed by atoms with Crippen molar-refractivity contribution in [2.24, 2.45) is 0 Å². The molecule has 0 bridgehead atoms. The van der Waals surface area contributed by atoms with Crippen LogP contribution in [0, 0.1) is 0 Å². The molecule has 8 heteroatoms. The van der Waals surface area contributed by atoms with E-state index in [0.717, 1.165) is 27.6 Å². The van der Waals surface area contributed by atoms with E-state index < -0.39 is 0 Å². The van der Waals surface area contributed by atoms with Gasteiger partial charge < -0.3 is 9.80 Å². The van der Waals surface area contributed by atoms with Gasteiger partial charge in [0.05, 0.1) is 11.6 Å². The average molecular weight is 455 g/mol. The summed E-state index contributed by atoms with van der Waals surface area (Å²) in [5.74, 6) is -0.228. The van der Waals surface area contributed by atoms with E-state index in [-0.39, 0.29) is 17.9 Å². The Kier molecular flexibility index (Phi) is 6.20. The molecule has 0 saturated carbocycles. The second kappa shape index (κ2) is 9.04. The Balaban J connectivity index is 1.73. The fourth-order valence-corrected chi connectivity index (χ4v) is 4.28. The molecule has 4 rings (SSSR count). The third kappa shape index (κ3) is 4.55. The summed E-state index contributed by atoms with van der Waals surface area (Å²) in [4.78, 5) is 36.5. The van der Waals surface area contributed by atoms with Crippen LogP contribution in [0.5, 0.6) is 0 Å². The van der Waals surface area contributed by atoms with Gasteiger partial charge in [0.1, 0.15) is 6.33 Å². The molecule has 0 N–H and O–H groups in total. The average Bonchev–Trinajstić information content (AvgIpc) is 2.78. The third-order valence-electron chi connectivity index (χ3n) is 5.45. The van der Waals surface area contributed by atoms with Crippen LogP contribution < -0.4 is 0 Å². The predicted octanol–water partition coefficient (Wildman–Crippen LogP) is 4.43. The number of hydrogen-bond donors (Lipinski definition) is 0. The zero-order valence-electron chi connectivity index (χ0n) is 16.8. The van der Waals surface area contributed by atoms with Crippen molar-refractivity contribution in [3.63, 3.8) is 0 Å². The maximum absolute atomic E-state index is 12.3. The van der Waals surface area contributed by atoms with Crippen LogP contribution in [0.2, 0.25) is 5.02 Å². The smallest absolute Gasteiger partial charge is 0.247 e. The highest BCUT2D eigenvalue weighted by atomic mass is 35.5. The first-order chi connectivity index (χ1) is 15.0. The zero-order chi connectivity index (χ0) is 22.0. The van der Waals surface area contributed by atoms with E-state index in [0.29, 0.717) is 24.7 Å². The molecule has 1 fully saturated rings. The number of hydrogen-bond acceptors (Lipinski definition) is 4. The van der Waals surface area contributed by atoms with Crippen molar-refractivity contribution >= 4 is 45.9 Å². The van der Waals surface area contributed by atoms with Crippen LogP contribution in [0.3, 0.4) is 0 Å². The van der Waals surface area contributed by atoms with Crippen LogP contribution in [-0.2, 0) is 9.59 Å². The van der Waals surface area contributed by atoms with E-state index in [1.54, 1.807) is 16.0 Å². The summed E-state index contributed by atoms with van der Waals surface area (Å²) in [5, 5.41) is 1.51. The first kappa shape index (κ1) is 21.3.